The van der Waals surface area contributed by atoms with Crippen molar-refractivity contribution >= 4 is 55.2 Å². The maximum atomic E-state index is 13.6. The lowest BCUT2D eigenvalue weighted by atomic mass is 10.0. The number of nitrogens with zero attached hydrogens (tertiary/aromatic N) is 5. The van der Waals surface area contributed by atoms with Crippen molar-refractivity contribution in [3.8, 4) is 5.75 Å². The molecule has 2 saturated heterocycles. The summed E-state index contributed by atoms with van der Waals surface area (Å²) in [6, 6.07) is 21.3. The van der Waals surface area contributed by atoms with Gasteiger partial charge >= 0.3 is 0 Å². The van der Waals surface area contributed by atoms with Crippen LogP contribution in [0.5, 0.6) is 5.75 Å². The zero-order chi connectivity index (χ0) is 46.0. The van der Waals surface area contributed by atoms with E-state index in [-0.39, 0.29) is 16.8 Å². The number of nitrogens with two attached hydrogens (primary N) is 1. The Balaban J connectivity index is 0.956. The van der Waals surface area contributed by atoms with Crippen molar-refractivity contribution in [1.29, 1.82) is 0 Å². The number of phosphoric ester groups is 2. The molecule has 0 aliphatic carbocycles. The molecule has 2 amide bonds. The molecule has 2 aliphatic heterocycles. The molecule has 25 heteroatoms. The van der Waals surface area contributed by atoms with E-state index >= 15 is 0 Å². The number of rotatable bonds is 17. The number of carbonyl (C=O) groups is 2. The molecule has 0 spiro atoms. The van der Waals surface area contributed by atoms with Gasteiger partial charge in [0.25, 0.3) is 27.8 Å². The van der Waals surface area contributed by atoms with Gasteiger partial charge in [-0.1, -0.05) is 48.5 Å². The molecule has 8 rings (SSSR count). The zero-order valence-electron chi connectivity index (χ0n) is 34.0. The first-order chi connectivity index (χ1) is 31.1. The summed E-state index contributed by atoms with van der Waals surface area (Å²) in [7, 11) is -10.2. The minimum Gasteiger partial charge on any atom is -0.756 e. The van der Waals surface area contributed by atoms with Gasteiger partial charge in [-0.15, -0.1) is 0 Å². The molecule has 23 nitrogen and oxygen atoms in total. The van der Waals surface area contributed by atoms with E-state index in [2.05, 4.69) is 34.4 Å². The number of amides is 2. The molecule has 2 fully saturated rings. The minimum atomic E-state index is -5.82. The summed E-state index contributed by atoms with van der Waals surface area (Å²) in [6.07, 6.45) is -5.36. The number of primary amides is 1. The van der Waals surface area contributed by atoms with Crippen molar-refractivity contribution in [2.24, 2.45) is 5.73 Å². The second-order valence-corrected chi connectivity index (χ2v) is 17.8. The van der Waals surface area contributed by atoms with Gasteiger partial charge in [-0.05, 0) is 34.5 Å². The van der Waals surface area contributed by atoms with Crippen LogP contribution in [0.25, 0.3) is 21.9 Å². The second-order valence-electron chi connectivity index (χ2n) is 14.8. The Kier molecular flexibility index (Phi) is 13.4. The smallest absolute Gasteiger partial charge is 0.292 e. The fourth-order valence-electron chi connectivity index (χ4n) is 7.45. The second kappa shape index (κ2) is 19.0. The highest BCUT2D eigenvalue weighted by Crippen LogP contribution is 2.56. The number of pyridine rings is 1. The Labute approximate surface area is 368 Å². The predicted octanol–water partition coefficient (Wildman–Crippen LogP) is 0.350. The normalized spacial score (nSPS) is 25.0. The number of hydrogen-bond donors (Lipinski definition) is 6. The summed E-state index contributed by atoms with van der Waals surface area (Å²) in [5.41, 5.74) is 7.03. The Morgan fingerprint density at radius 1 is 0.862 bits per heavy atom. The molecule has 6 aromatic rings. The molecule has 3 aromatic heterocycles. The lowest BCUT2D eigenvalue weighted by molar-refractivity contribution is -0.765. The summed E-state index contributed by atoms with van der Waals surface area (Å²) in [6.45, 7) is -1.66. The molecular weight excluding hydrogens is 894 g/mol. The van der Waals surface area contributed by atoms with E-state index in [1.54, 1.807) is 12.1 Å². The van der Waals surface area contributed by atoms with Gasteiger partial charge in [-0.2, -0.15) is 4.57 Å². The molecular formula is C40H41N8O15P2-. The highest BCUT2D eigenvalue weighted by atomic mass is 31.3. The molecule has 342 valence electrons. The quantitative estimate of drug-likeness (QED) is 0.0531. The fraction of sp³-hybridized carbons (Fsp3) is 0.300. The predicted molar refractivity (Wildman–Crippen MR) is 220 cm³/mol. The summed E-state index contributed by atoms with van der Waals surface area (Å²) >= 11 is 0. The van der Waals surface area contributed by atoms with E-state index in [1.807, 2.05) is 42.5 Å². The number of ether oxygens (including phenoxy) is 3. The van der Waals surface area contributed by atoms with Crippen molar-refractivity contribution in [2.75, 3.05) is 25.6 Å². The minimum absolute atomic E-state index is 0.144. The lowest BCUT2D eigenvalue weighted by Gasteiger charge is -2.31. The van der Waals surface area contributed by atoms with Crippen LogP contribution < -0.4 is 35.5 Å². The van der Waals surface area contributed by atoms with E-state index in [0.717, 1.165) is 16.3 Å². The Morgan fingerprint density at radius 2 is 1.55 bits per heavy atom. The zero-order valence-corrected chi connectivity index (χ0v) is 35.8. The third-order valence-corrected chi connectivity index (χ3v) is 13.3. The van der Waals surface area contributed by atoms with E-state index in [0.29, 0.717) is 23.6 Å². The summed E-state index contributed by atoms with van der Waals surface area (Å²) < 4.78 is 59.0. The van der Waals surface area contributed by atoms with Crippen LogP contribution in [0.4, 0.5) is 5.82 Å². The summed E-state index contributed by atoms with van der Waals surface area (Å²) in [5, 5.41) is 40.7. The molecule has 6 unspecified atom stereocenters. The standard InChI is InChI=1S/C40H42N8O15P2/c1-58-26-10-5-8-24(16-26)38(53)46-30-32(49)28(61-39(30)48-21-45-31-36(43-20-44-37(31)48)42-17-25-9-4-7-22-6-2-3-11-27(22)25)18-59-64(54,55)63-65(56,57)60-19-29-33(50)34(51)40(62-29)47-14-12-23(13-15-47)35(41)52/h2-16,20-21,28-30,32-34,39-40,49-51H,17-19H2,1H3,(H5-,41,42,43,44,46,52,53,54,55,56,57)/p-1/t28-,29-,30?,32?,33?,34?,39-,40-/m1/s1. The SMILES string of the molecule is COc1cccc(C(=O)NC2C(O)[C@@H](COP(=O)([O-])OP(=O)([O-])OC[C@H]3O[C@@H]([n+]4ccc(C(N)=O)cc4)C(O)C3O)O[C@H]2n2cnc3c(NCc4cccc5ccccc45)ncnc32)c1. The first-order valence-electron chi connectivity index (χ1n) is 19.7. The van der Waals surface area contributed by atoms with Gasteiger partial charge in [0.1, 0.15) is 42.5 Å². The summed E-state index contributed by atoms with van der Waals surface area (Å²) in [4.78, 5) is 63.9. The number of methoxy groups -OCH3 is 1. The van der Waals surface area contributed by atoms with E-state index in [4.69, 9.17) is 24.5 Å². The van der Waals surface area contributed by atoms with Gasteiger partial charge in [0.2, 0.25) is 5.91 Å². The van der Waals surface area contributed by atoms with E-state index in [9.17, 15) is 43.8 Å². The van der Waals surface area contributed by atoms with Gasteiger partial charge in [0.15, 0.2) is 41.7 Å². The third-order valence-electron chi connectivity index (χ3n) is 10.7. The first kappa shape index (κ1) is 45.8. The molecule has 0 saturated carbocycles. The van der Waals surface area contributed by atoms with Crippen LogP contribution in [0.15, 0.2) is 104 Å². The molecule has 3 aromatic carbocycles. The number of carbonyl (C=O) groups excluding carboxylic acids is 2. The number of imidazole rings is 1. The van der Waals surface area contributed by atoms with Gasteiger partial charge < -0.3 is 64.7 Å². The molecule has 0 bridgehead atoms. The number of fused-ring (bicyclic) bond motifs is 2. The van der Waals surface area contributed by atoms with Crippen LogP contribution >= 0.6 is 15.6 Å². The van der Waals surface area contributed by atoms with Gasteiger partial charge in [-0.25, -0.2) is 19.3 Å². The van der Waals surface area contributed by atoms with Gasteiger partial charge in [-0.3, -0.25) is 23.3 Å². The topological polar surface area (TPSA) is 328 Å². The average molecular weight is 936 g/mol. The highest BCUT2D eigenvalue weighted by molar-refractivity contribution is 7.59. The first-order valence-corrected chi connectivity index (χ1v) is 22.6. The molecule has 7 N–H and O–H groups in total. The molecule has 10 atom stereocenters. The monoisotopic (exact) mass is 935 g/mol. The van der Waals surface area contributed by atoms with Crippen molar-refractivity contribution < 1.29 is 76.0 Å². The average Bonchev–Trinajstić information content (AvgIpc) is 3.96. The lowest BCUT2D eigenvalue weighted by Crippen LogP contribution is -2.47. The summed E-state index contributed by atoms with van der Waals surface area (Å²) in [5.74, 6) is -0.661. The maximum Gasteiger partial charge on any atom is 0.292 e. The molecule has 0 radical (unpaired) electrons. The van der Waals surface area contributed by atoms with Gasteiger partial charge in [0, 0.05) is 24.2 Å². The van der Waals surface area contributed by atoms with Crippen LogP contribution in [-0.4, -0.2) is 104 Å². The molecule has 65 heavy (non-hydrogen) atoms. The van der Waals surface area contributed by atoms with Crippen LogP contribution in [0, 0.1) is 0 Å². The Morgan fingerprint density at radius 3 is 2.28 bits per heavy atom. The van der Waals surface area contributed by atoms with Crippen LogP contribution in [0.2, 0.25) is 0 Å². The van der Waals surface area contributed by atoms with Crippen LogP contribution in [0.3, 0.4) is 0 Å². The number of aromatic nitrogens is 5. The van der Waals surface area contributed by atoms with Crippen LogP contribution in [0.1, 0.15) is 38.7 Å². The van der Waals surface area contributed by atoms with Crippen molar-refractivity contribution in [1.82, 2.24) is 24.8 Å². The number of phosphoric acid groups is 2. The Hall–Kier alpha value is -5.78. The highest BCUT2D eigenvalue weighted by Gasteiger charge is 2.49. The Bertz CT molecular complexity index is 2800. The van der Waals surface area contributed by atoms with Gasteiger partial charge in [0.05, 0.1) is 32.2 Å². The number of nitrogens with one attached hydrogen (secondary N) is 2. The largest absolute Gasteiger partial charge is 0.756 e. The van der Waals surface area contributed by atoms with Crippen molar-refractivity contribution in [3.05, 3.63) is 121 Å². The number of aliphatic hydroxyl groups excluding tert-OH is 3. The number of anilines is 1. The van der Waals surface area contributed by atoms with E-state index in [1.165, 1.54) is 65.6 Å². The number of benzene rings is 3. The van der Waals surface area contributed by atoms with Crippen molar-refractivity contribution in [2.45, 2.75) is 55.6 Å². The van der Waals surface area contributed by atoms with E-state index < -0.39 is 89.7 Å². The number of aliphatic hydroxyl groups is 3. The number of hydrogen-bond acceptors (Lipinski definition) is 19. The fourth-order valence-corrected chi connectivity index (χ4v) is 9.47. The molecule has 5 heterocycles. The van der Waals surface area contributed by atoms with Crippen LogP contribution in [-0.2, 0) is 38.5 Å². The maximum absolute atomic E-state index is 13.6. The van der Waals surface area contributed by atoms with Crippen molar-refractivity contribution in [3.63, 3.8) is 0 Å². The third kappa shape index (κ3) is 10.1. The molecule has 2 aliphatic rings.